The van der Waals surface area contributed by atoms with Crippen LogP contribution >= 0.6 is 0 Å². The van der Waals surface area contributed by atoms with Crippen LogP contribution in [0.5, 0.6) is 0 Å². The van der Waals surface area contributed by atoms with Gasteiger partial charge in [0.1, 0.15) is 0 Å². The number of hydrogen-bond donors (Lipinski definition) is 1. The summed E-state index contributed by atoms with van der Waals surface area (Å²) in [4.78, 5) is 0. The lowest BCUT2D eigenvalue weighted by atomic mass is 10.4. The lowest BCUT2D eigenvalue weighted by molar-refractivity contribution is -0.870. The molecule has 0 saturated carbocycles. The standard InChI is InChI=1S/C6H16N.C3H7NO2S/c1-5-6-7(2,3)4;1-2-3-7(4,5)6/h5-6H2,1-4H3;2H,1,3H2,(H2,4,5,6)/q+1;. The van der Waals surface area contributed by atoms with E-state index in [1.807, 2.05) is 0 Å². The number of sulfonamides is 1. The highest BCUT2D eigenvalue weighted by molar-refractivity contribution is 7.89. The average Bonchev–Trinajstić information content (AvgIpc) is 1.81. The Morgan fingerprint density at radius 3 is 1.79 bits per heavy atom. The smallest absolute Gasteiger partial charge is 0.212 e. The van der Waals surface area contributed by atoms with Crippen LogP contribution in [0.3, 0.4) is 0 Å². The van der Waals surface area contributed by atoms with Gasteiger partial charge in [-0.2, -0.15) is 0 Å². The molecule has 0 aliphatic heterocycles. The van der Waals surface area contributed by atoms with E-state index in [0.717, 1.165) is 4.48 Å². The molecular formula is C9H23N2O2S+. The van der Waals surface area contributed by atoms with Crippen LogP contribution in [0.25, 0.3) is 0 Å². The van der Waals surface area contributed by atoms with E-state index in [1.54, 1.807) is 0 Å². The largest absolute Gasteiger partial charge is 0.331 e. The van der Waals surface area contributed by atoms with E-state index < -0.39 is 10.0 Å². The summed E-state index contributed by atoms with van der Waals surface area (Å²) in [5.41, 5.74) is 0. The van der Waals surface area contributed by atoms with Crippen LogP contribution in [-0.2, 0) is 10.0 Å². The summed E-state index contributed by atoms with van der Waals surface area (Å²) in [6, 6.07) is 0. The highest BCUT2D eigenvalue weighted by Crippen LogP contribution is 1.90. The molecule has 2 N–H and O–H groups in total. The Kier molecular flexibility index (Phi) is 8.00. The van der Waals surface area contributed by atoms with Crippen molar-refractivity contribution in [3.05, 3.63) is 12.7 Å². The molecule has 4 nitrogen and oxygen atoms in total. The third-order valence-corrected chi connectivity index (χ3v) is 1.94. The minimum atomic E-state index is -3.29. The second-order valence-electron chi connectivity index (χ2n) is 4.13. The molecule has 0 spiro atoms. The molecule has 0 unspecified atom stereocenters. The fourth-order valence-electron chi connectivity index (χ4n) is 0.835. The maximum absolute atomic E-state index is 9.94. The lowest BCUT2D eigenvalue weighted by Gasteiger charge is -2.22. The van der Waals surface area contributed by atoms with E-state index >= 15 is 0 Å². The van der Waals surface area contributed by atoms with Crippen molar-refractivity contribution in [1.82, 2.24) is 0 Å². The van der Waals surface area contributed by atoms with Gasteiger partial charge in [0.05, 0.1) is 33.4 Å². The van der Waals surface area contributed by atoms with Gasteiger partial charge in [-0.25, -0.2) is 13.6 Å². The van der Waals surface area contributed by atoms with Gasteiger partial charge in [-0.1, -0.05) is 13.0 Å². The highest BCUT2D eigenvalue weighted by atomic mass is 32.2. The molecule has 0 aromatic heterocycles. The first kappa shape index (κ1) is 16.1. The van der Waals surface area contributed by atoms with E-state index in [-0.39, 0.29) is 5.75 Å². The van der Waals surface area contributed by atoms with Crippen molar-refractivity contribution in [2.24, 2.45) is 5.14 Å². The fourth-order valence-corrected chi connectivity index (χ4v) is 1.16. The molecule has 0 fully saturated rings. The molecule has 0 aliphatic carbocycles. The predicted octanol–water partition coefficient (Wildman–Crippen LogP) is 0.563. The van der Waals surface area contributed by atoms with Crippen molar-refractivity contribution < 1.29 is 12.9 Å². The van der Waals surface area contributed by atoms with Gasteiger partial charge in [-0.3, -0.25) is 0 Å². The zero-order chi connectivity index (χ0) is 11.8. The number of rotatable bonds is 4. The molecule has 0 heterocycles. The second-order valence-corrected chi connectivity index (χ2v) is 5.79. The Hall–Kier alpha value is -0.390. The minimum Gasteiger partial charge on any atom is -0.331 e. The predicted molar refractivity (Wildman–Crippen MR) is 61.4 cm³/mol. The molecule has 0 radical (unpaired) electrons. The van der Waals surface area contributed by atoms with Gasteiger partial charge in [0, 0.05) is 0 Å². The zero-order valence-electron chi connectivity index (χ0n) is 9.66. The first-order valence-electron chi connectivity index (χ1n) is 4.54. The minimum absolute atomic E-state index is 0.146. The molecule has 0 atom stereocenters. The highest BCUT2D eigenvalue weighted by Gasteiger charge is 2.01. The van der Waals surface area contributed by atoms with Crippen molar-refractivity contribution >= 4 is 10.0 Å². The van der Waals surface area contributed by atoms with Gasteiger partial charge in [0.15, 0.2) is 0 Å². The van der Waals surface area contributed by atoms with Gasteiger partial charge in [0.2, 0.25) is 10.0 Å². The molecular weight excluding hydrogens is 200 g/mol. The summed E-state index contributed by atoms with van der Waals surface area (Å²) in [5.74, 6) is -0.146. The number of nitrogens with two attached hydrogens (primary N) is 1. The monoisotopic (exact) mass is 223 g/mol. The average molecular weight is 223 g/mol. The topological polar surface area (TPSA) is 60.2 Å². The van der Waals surface area contributed by atoms with E-state index in [2.05, 4.69) is 39.8 Å². The number of primary sulfonamides is 1. The maximum Gasteiger partial charge on any atom is 0.212 e. The third kappa shape index (κ3) is 22.6. The Morgan fingerprint density at radius 1 is 1.36 bits per heavy atom. The van der Waals surface area contributed by atoms with Crippen LogP contribution in [0.2, 0.25) is 0 Å². The molecule has 14 heavy (non-hydrogen) atoms. The maximum atomic E-state index is 9.94. The first-order valence-corrected chi connectivity index (χ1v) is 6.25. The van der Waals surface area contributed by atoms with Crippen LogP contribution in [0.1, 0.15) is 13.3 Å². The molecule has 0 aromatic rings. The zero-order valence-corrected chi connectivity index (χ0v) is 10.5. The molecule has 5 heteroatoms. The van der Waals surface area contributed by atoms with Crippen molar-refractivity contribution in [3.63, 3.8) is 0 Å². The molecule has 0 aromatic carbocycles. The van der Waals surface area contributed by atoms with Crippen molar-refractivity contribution in [2.75, 3.05) is 33.4 Å². The van der Waals surface area contributed by atoms with E-state index in [1.165, 1.54) is 19.0 Å². The molecule has 0 saturated heterocycles. The summed E-state index contributed by atoms with van der Waals surface area (Å²) in [6.45, 7) is 6.68. The molecule has 86 valence electrons. The van der Waals surface area contributed by atoms with Crippen LogP contribution in [0.15, 0.2) is 12.7 Å². The summed E-state index contributed by atoms with van der Waals surface area (Å²) >= 11 is 0. The van der Waals surface area contributed by atoms with Crippen molar-refractivity contribution in [2.45, 2.75) is 13.3 Å². The quantitative estimate of drug-likeness (QED) is 0.559. The Bertz CT molecular complexity index is 240. The van der Waals surface area contributed by atoms with Gasteiger partial charge in [-0.15, -0.1) is 6.58 Å². The molecule has 0 bridgehead atoms. The second kappa shape index (κ2) is 6.98. The van der Waals surface area contributed by atoms with Crippen LogP contribution in [0, 0.1) is 0 Å². The summed E-state index contributed by atoms with van der Waals surface area (Å²) in [6.07, 6.45) is 2.53. The van der Waals surface area contributed by atoms with Gasteiger partial charge in [0.25, 0.3) is 0 Å². The van der Waals surface area contributed by atoms with Crippen molar-refractivity contribution in [1.29, 1.82) is 0 Å². The van der Waals surface area contributed by atoms with Gasteiger partial charge >= 0.3 is 0 Å². The van der Waals surface area contributed by atoms with E-state index in [9.17, 15) is 8.42 Å². The van der Waals surface area contributed by atoms with E-state index in [4.69, 9.17) is 0 Å². The molecule has 0 rings (SSSR count). The van der Waals surface area contributed by atoms with Crippen LogP contribution < -0.4 is 5.14 Å². The summed E-state index contributed by atoms with van der Waals surface area (Å²) in [7, 11) is 3.34. The fraction of sp³-hybridized carbons (Fsp3) is 0.778. The first-order chi connectivity index (χ1) is 6.12. The van der Waals surface area contributed by atoms with E-state index in [0.29, 0.717) is 0 Å². The Labute approximate surface area is 88.0 Å². The number of hydrogen-bond acceptors (Lipinski definition) is 2. The van der Waals surface area contributed by atoms with Crippen LogP contribution in [-0.4, -0.2) is 46.3 Å². The molecule has 0 aliphatic rings. The number of quaternary nitrogens is 1. The summed E-state index contributed by atoms with van der Waals surface area (Å²) in [5, 5.41) is 4.55. The normalized spacial score (nSPS) is 11.5. The number of nitrogens with zero attached hydrogens (tertiary/aromatic N) is 1. The third-order valence-electron chi connectivity index (χ3n) is 1.24. The lowest BCUT2D eigenvalue weighted by Crippen LogP contribution is -2.34. The SMILES string of the molecule is C=CCS(N)(=O)=O.CCC[N+](C)(C)C. The van der Waals surface area contributed by atoms with Gasteiger partial charge < -0.3 is 4.48 Å². The Morgan fingerprint density at radius 2 is 1.79 bits per heavy atom. The van der Waals surface area contributed by atoms with Crippen LogP contribution in [0.4, 0.5) is 0 Å². The van der Waals surface area contributed by atoms with Gasteiger partial charge in [-0.05, 0) is 6.42 Å². The molecule has 0 amide bonds. The summed E-state index contributed by atoms with van der Waals surface area (Å²) < 4.78 is 21.0. The van der Waals surface area contributed by atoms with Crippen molar-refractivity contribution in [3.8, 4) is 0 Å². The Balaban J connectivity index is 0.